The second kappa shape index (κ2) is 7.27. The molecule has 2 aromatic carbocycles. The van der Waals surface area contributed by atoms with Crippen LogP contribution in [0, 0.1) is 18.3 Å². The molecular weight excluding hydrogens is 402 g/mol. The van der Waals surface area contributed by atoms with E-state index in [-0.39, 0.29) is 23.2 Å². The molecule has 0 radical (unpaired) electrons. The lowest BCUT2D eigenvalue weighted by atomic mass is 9.68. The van der Waals surface area contributed by atoms with Crippen LogP contribution < -0.4 is 15.4 Å². The van der Waals surface area contributed by atoms with Crippen molar-refractivity contribution in [2.45, 2.75) is 38.6 Å². The molecule has 0 saturated carbocycles. The van der Waals surface area contributed by atoms with Crippen molar-refractivity contribution in [3.05, 3.63) is 87.9 Å². The number of amides is 1. The number of hydrogen-bond acceptors (Lipinski definition) is 5. The number of nitrogens with one attached hydrogen (secondary N) is 1. The Morgan fingerprint density at radius 3 is 2.69 bits per heavy atom. The molecule has 1 amide bonds. The number of para-hydroxylation sites is 1. The first-order valence-corrected chi connectivity index (χ1v) is 10.6. The number of benzene rings is 2. The predicted molar refractivity (Wildman–Crippen MR) is 120 cm³/mol. The molecule has 0 saturated heterocycles. The van der Waals surface area contributed by atoms with Gasteiger partial charge in [0, 0.05) is 16.9 Å². The van der Waals surface area contributed by atoms with Crippen LogP contribution in [0.2, 0.25) is 0 Å². The van der Waals surface area contributed by atoms with Crippen LogP contribution in [0.5, 0.6) is 5.88 Å². The van der Waals surface area contributed by atoms with E-state index in [0.29, 0.717) is 18.5 Å². The maximum atomic E-state index is 14.3. The number of fused-ring (bicyclic) bond motifs is 4. The summed E-state index contributed by atoms with van der Waals surface area (Å²) in [6.45, 7) is 4.46. The molecule has 7 heteroatoms. The number of aryl methyl sites for hydroxylation is 2. The molecule has 0 aliphatic carbocycles. The van der Waals surface area contributed by atoms with Crippen LogP contribution in [0.3, 0.4) is 0 Å². The Morgan fingerprint density at radius 1 is 1.22 bits per heavy atom. The normalized spacial score (nSPS) is 19.0. The Hall–Kier alpha value is -4.05. The van der Waals surface area contributed by atoms with E-state index < -0.39 is 5.41 Å². The van der Waals surface area contributed by atoms with Gasteiger partial charge in [0.15, 0.2) is 0 Å². The summed E-state index contributed by atoms with van der Waals surface area (Å²) in [5, 5.41) is 17.5. The Kier molecular flexibility index (Phi) is 4.52. The number of hydrogen-bond donors (Lipinski definition) is 2. The monoisotopic (exact) mass is 425 g/mol. The summed E-state index contributed by atoms with van der Waals surface area (Å²) in [5.41, 5.74) is 9.91. The van der Waals surface area contributed by atoms with E-state index in [0.717, 1.165) is 34.5 Å². The Balaban J connectivity index is 1.77. The molecule has 32 heavy (non-hydrogen) atoms. The molecule has 0 unspecified atom stereocenters. The van der Waals surface area contributed by atoms with E-state index in [9.17, 15) is 10.1 Å². The number of aromatic nitrogens is 2. The van der Waals surface area contributed by atoms with E-state index in [1.165, 1.54) is 0 Å². The van der Waals surface area contributed by atoms with E-state index >= 15 is 0 Å². The molecular formula is C25H23N5O2. The topological polar surface area (TPSA) is 108 Å². The molecule has 3 aromatic rings. The van der Waals surface area contributed by atoms with Gasteiger partial charge in [0.1, 0.15) is 17.1 Å². The molecule has 0 bridgehead atoms. The minimum Gasteiger partial charge on any atom is -0.420 e. The molecule has 1 aromatic heterocycles. The molecule has 1 atom stereocenters. The third-order valence-corrected chi connectivity index (χ3v) is 6.25. The first-order valence-electron chi connectivity index (χ1n) is 10.6. The summed E-state index contributed by atoms with van der Waals surface area (Å²) in [5.74, 6) is -0.0535. The summed E-state index contributed by atoms with van der Waals surface area (Å²) < 4.78 is 5.70. The molecule has 1 spiro atoms. The van der Waals surface area contributed by atoms with Gasteiger partial charge in [-0.15, -0.1) is 5.10 Å². The first kappa shape index (κ1) is 19.9. The quantitative estimate of drug-likeness (QED) is 0.664. The number of anilines is 1. The highest BCUT2D eigenvalue weighted by atomic mass is 16.5. The number of nitriles is 1. The zero-order chi connectivity index (χ0) is 22.5. The van der Waals surface area contributed by atoms with Crippen LogP contribution in [-0.2, 0) is 23.2 Å². The minimum atomic E-state index is -1.38. The number of nitrogens with two attached hydrogens (primary N) is 1. The van der Waals surface area contributed by atoms with Crippen molar-refractivity contribution >= 4 is 11.6 Å². The van der Waals surface area contributed by atoms with Gasteiger partial charge in [0.05, 0.1) is 12.1 Å². The molecule has 3 N–H and O–H groups in total. The average Bonchev–Trinajstić information content (AvgIpc) is 3.29. The number of H-pyrrole nitrogens is 1. The van der Waals surface area contributed by atoms with E-state index in [4.69, 9.17) is 10.5 Å². The van der Waals surface area contributed by atoms with E-state index in [1.807, 2.05) is 62.4 Å². The molecule has 0 fully saturated rings. The smallest absolute Gasteiger partial charge is 0.248 e. The highest BCUT2D eigenvalue weighted by Crippen LogP contribution is 2.56. The van der Waals surface area contributed by atoms with Gasteiger partial charge in [0.25, 0.3) is 0 Å². The average molecular weight is 425 g/mol. The number of nitrogens with zero attached hydrogens (tertiary/aromatic N) is 3. The highest BCUT2D eigenvalue weighted by molar-refractivity contribution is 6.14. The molecule has 3 heterocycles. The fourth-order valence-corrected chi connectivity index (χ4v) is 4.82. The summed E-state index contributed by atoms with van der Waals surface area (Å²) in [6, 6.07) is 17.9. The van der Waals surface area contributed by atoms with Crippen LogP contribution in [0.25, 0.3) is 0 Å². The number of aromatic amines is 1. The first-order chi connectivity index (χ1) is 15.5. The maximum Gasteiger partial charge on any atom is 0.248 e. The number of ether oxygens (including phenoxy) is 1. The van der Waals surface area contributed by atoms with Gasteiger partial charge < -0.3 is 15.4 Å². The van der Waals surface area contributed by atoms with Crippen molar-refractivity contribution in [2.75, 3.05) is 4.90 Å². The lowest BCUT2D eigenvalue weighted by Gasteiger charge is -2.32. The molecule has 2 aliphatic heterocycles. The zero-order valence-corrected chi connectivity index (χ0v) is 18.0. The fourth-order valence-electron chi connectivity index (χ4n) is 4.82. The van der Waals surface area contributed by atoms with Crippen LogP contribution in [0.4, 0.5) is 5.69 Å². The van der Waals surface area contributed by atoms with Gasteiger partial charge in [-0.25, -0.2) is 0 Å². The Bertz CT molecular complexity index is 1300. The van der Waals surface area contributed by atoms with Gasteiger partial charge in [-0.1, -0.05) is 61.4 Å². The molecule has 7 nitrogen and oxygen atoms in total. The van der Waals surface area contributed by atoms with Crippen molar-refractivity contribution < 1.29 is 9.53 Å². The minimum absolute atomic E-state index is 0.0881. The van der Waals surface area contributed by atoms with E-state index in [2.05, 4.69) is 16.3 Å². The molecule has 5 rings (SSSR count). The van der Waals surface area contributed by atoms with Gasteiger partial charge in [-0.3, -0.25) is 9.89 Å². The predicted octanol–water partition coefficient (Wildman–Crippen LogP) is 3.59. The number of rotatable bonds is 4. The maximum absolute atomic E-state index is 14.3. The fraction of sp³-hybridized carbons (Fsp3) is 0.240. The van der Waals surface area contributed by atoms with Crippen LogP contribution in [0.15, 0.2) is 60.0 Å². The van der Waals surface area contributed by atoms with Crippen molar-refractivity contribution in [2.24, 2.45) is 5.73 Å². The Morgan fingerprint density at radius 2 is 1.97 bits per heavy atom. The standard InChI is InChI=1S/C25H23N5O2/c1-3-6-19-21-23(29-28-19)32-22(27)18(13-26)25(21)17-7-4-5-8-20(17)30(24(25)31)14-16-11-9-15(2)10-12-16/h4-5,7-12H,3,6,14,27H2,1-2H3,(H,28,29)/t25-/m1/s1. The van der Waals surface area contributed by atoms with Crippen molar-refractivity contribution in [3.63, 3.8) is 0 Å². The lowest BCUT2D eigenvalue weighted by Crippen LogP contribution is -2.46. The van der Waals surface area contributed by atoms with Gasteiger partial charge in [-0.05, 0) is 25.0 Å². The van der Waals surface area contributed by atoms with Gasteiger partial charge in [0.2, 0.25) is 17.7 Å². The number of carbonyl (C=O) groups is 1. The molecule has 160 valence electrons. The third-order valence-electron chi connectivity index (χ3n) is 6.25. The molecule has 2 aliphatic rings. The largest absolute Gasteiger partial charge is 0.420 e. The SMILES string of the molecule is CCCc1[nH]nc2c1[C@]1(C(=O)N(Cc3ccc(C)cc3)c3ccccc31)C(C#N)=C(N)O2. The third kappa shape index (κ3) is 2.59. The summed E-state index contributed by atoms with van der Waals surface area (Å²) in [7, 11) is 0. The second-order valence-electron chi connectivity index (χ2n) is 8.23. The van der Waals surface area contributed by atoms with Crippen LogP contribution in [0.1, 0.15) is 41.3 Å². The second-order valence-corrected chi connectivity index (χ2v) is 8.23. The summed E-state index contributed by atoms with van der Waals surface area (Å²) in [6.07, 6.45) is 1.51. The summed E-state index contributed by atoms with van der Waals surface area (Å²) >= 11 is 0. The zero-order valence-electron chi connectivity index (χ0n) is 18.0. The van der Waals surface area contributed by atoms with Gasteiger partial charge >= 0.3 is 0 Å². The van der Waals surface area contributed by atoms with Crippen molar-refractivity contribution in [1.82, 2.24) is 10.2 Å². The Labute approximate surface area is 186 Å². The van der Waals surface area contributed by atoms with Crippen molar-refractivity contribution in [3.8, 4) is 11.9 Å². The lowest BCUT2D eigenvalue weighted by molar-refractivity contribution is -0.121. The van der Waals surface area contributed by atoms with Crippen LogP contribution >= 0.6 is 0 Å². The number of carbonyl (C=O) groups excluding carboxylic acids is 1. The highest BCUT2D eigenvalue weighted by Gasteiger charge is 2.60. The van der Waals surface area contributed by atoms with Crippen LogP contribution in [-0.4, -0.2) is 16.1 Å². The van der Waals surface area contributed by atoms with Gasteiger partial charge in [-0.2, -0.15) is 5.26 Å². The van der Waals surface area contributed by atoms with Crippen molar-refractivity contribution in [1.29, 1.82) is 5.26 Å². The summed E-state index contributed by atoms with van der Waals surface area (Å²) in [4.78, 5) is 16.1. The van der Waals surface area contributed by atoms with E-state index in [1.54, 1.807) is 4.90 Å².